The number of carbonyl (C=O) groups excluding carboxylic acids is 1. The molecule has 2 aliphatic rings. The van der Waals surface area contributed by atoms with Gasteiger partial charge in [0.2, 0.25) is 0 Å². The van der Waals surface area contributed by atoms with E-state index in [1.54, 1.807) is 0 Å². The molecular weight excluding hydrogens is 264 g/mol. The van der Waals surface area contributed by atoms with Crippen LogP contribution in [0.5, 0.6) is 0 Å². The van der Waals surface area contributed by atoms with Gasteiger partial charge in [-0.3, -0.25) is 4.79 Å². The highest BCUT2D eigenvalue weighted by Gasteiger charge is 2.24. The largest absolute Gasteiger partial charge is 0.346 e. The molecule has 1 aromatic rings. The molecule has 1 N–H and O–H groups in total. The molecule has 92 valence electrons. The van der Waals surface area contributed by atoms with Gasteiger partial charge in [-0.25, -0.2) is 0 Å². The zero-order valence-corrected chi connectivity index (χ0v) is 11.3. The average molecular weight is 276 g/mol. The molecule has 2 heterocycles. The molecule has 1 aromatic carbocycles. The van der Waals surface area contributed by atoms with Gasteiger partial charge in [0.1, 0.15) is 4.32 Å². The monoisotopic (exact) mass is 276 g/mol. The summed E-state index contributed by atoms with van der Waals surface area (Å²) in [5, 5.41) is 2.64. The second-order valence-corrected chi connectivity index (χ2v) is 5.98. The van der Waals surface area contributed by atoms with E-state index in [4.69, 9.17) is 12.2 Å². The molecule has 0 atom stereocenters. The highest BCUT2D eigenvalue weighted by molar-refractivity contribution is 8.26. The highest BCUT2D eigenvalue weighted by Crippen LogP contribution is 2.30. The van der Waals surface area contributed by atoms with Crippen LogP contribution in [-0.4, -0.2) is 16.8 Å². The van der Waals surface area contributed by atoms with Gasteiger partial charge in [0.05, 0.1) is 4.91 Å². The molecule has 0 radical (unpaired) electrons. The van der Waals surface area contributed by atoms with Crippen LogP contribution in [0.25, 0.3) is 0 Å². The third-order valence-electron chi connectivity index (χ3n) is 3.06. The van der Waals surface area contributed by atoms with E-state index in [1.807, 2.05) is 12.3 Å². The number of fused-ring (bicyclic) bond motifs is 1. The van der Waals surface area contributed by atoms with E-state index >= 15 is 0 Å². The van der Waals surface area contributed by atoms with Crippen molar-refractivity contribution in [1.82, 2.24) is 5.32 Å². The summed E-state index contributed by atoms with van der Waals surface area (Å²) in [4.78, 5) is 14.5. The van der Waals surface area contributed by atoms with E-state index in [0.717, 1.165) is 19.4 Å². The lowest BCUT2D eigenvalue weighted by Crippen LogP contribution is -2.25. The van der Waals surface area contributed by atoms with Crippen LogP contribution in [0.15, 0.2) is 35.4 Å². The summed E-state index contributed by atoms with van der Waals surface area (Å²) in [5.74, 6) is -0.0898. The van der Waals surface area contributed by atoms with Crippen LogP contribution in [0.4, 0.5) is 5.69 Å². The Morgan fingerprint density at radius 2 is 2.22 bits per heavy atom. The Kier molecular flexibility index (Phi) is 3.09. The van der Waals surface area contributed by atoms with Gasteiger partial charge in [-0.05, 0) is 24.5 Å². The zero-order valence-electron chi connectivity index (χ0n) is 9.68. The molecule has 0 aliphatic carbocycles. The number of benzene rings is 1. The molecule has 3 rings (SSSR count). The Morgan fingerprint density at radius 3 is 3.00 bits per heavy atom. The van der Waals surface area contributed by atoms with E-state index in [1.165, 1.54) is 23.0 Å². The van der Waals surface area contributed by atoms with Gasteiger partial charge in [-0.2, -0.15) is 0 Å². The Bertz CT molecular complexity index is 554. The van der Waals surface area contributed by atoms with Gasteiger partial charge in [-0.1, -0.05) is 42.2 Å². The number of rotatable bonds is 1. The fourth-order valence-electron chi connectivity index (χ4n) is 2.25. The van der Waals surface area contributed by atoms with Gasteiger partial charge in [0, 0.05) is 18.4 Å². The predicted molar refractivity (Wildman–Crippen MR) is 78.5 cm³/mol. The molecule has 0 aromatic heterocycles. The van der Waals surface area contributed by atoms with Crippen molar-refractivity contribution in [3.05, 3.63) is 40.9 Å². The number of anilines is 1. The predicted octanol–water partition coefficient (Wildman–Crippen LogP) is 2.43. The van der Waals surface area contributed by atoms with Crippen molar-refractivity contribution in [2.45, 2.75) is 12.8 Å². The fourth-order valence-corrected chi connectivity index (χ4v) is 3.28. The molecule has 1 fully saturated rings. The number of nitrogens with one attached hydrogen (secondary N) is 1. The van der Waals surface area contributed by atoms with Crippen molar-refractivity contribution in [2.24, 2.45) is 0 Å². The van der Waals surface area contributed by atoms with Crippen LogP contribution in [0, 0.1) is 0 Å². The number of hydrogen-bond donors (Lipinski definition) is 1. The molecule has 5 heteroatoms. The number of carbonyl (C=O) groups is 1. The van der Waals surface area contributed by atoms with Gasteiger partial charge in [-0.15, -0.1) is 0 Å². The first-order chi connectivity index (χ1) is 8.74. The van der Waals surface area contributed by atoms with Gasteiger partial charge >= 0.3 is 0 Å². The van der Waals surface area contributed by atoms with Crippen molar-refractivity contribution < 1.29 is 4.79 Å². The number of aryl methyl sites for hydroxylation is 1. The van der Waals surface area contributed by atoms with Crippen LogP contribution in [0.2, 0.25) is 0 Å². The third kappa shape index (κ3) is 2.15. The first kappa shape index (κ1) is 11.7. The lowest BCUT2D eigenvalue weighted by molar-refractivity contribution is -0.115. The maximum absolute atomic E-state index is 11.7. The Balaban J connectivity index is 1.93. The number of thiocarbonyl (C=S) groups is 1. The van der Waals surface area contributed by atoms with Crippen LogP contribution in [0.1, 0.15) is 12.0 Å². The minimum atomic E-state index is -0.0898. The van der Waals surface area contributed by atoms with Gasteiger partial charge in [0.25, 0.3) is 5.91 Å². The van der Waals surface area contributed by atoms with E-state index in [-0.39, 0.29) is 5.91 Å². The molecule has 2 aliphatic heterocycles. The van der Waals surface area contributed by atoms with E-state index in [9.17, 15) is 4.79 Å². The smallest absolute Gasteiger partial charge is 0.265 e. The van der Waals surface area contributed by atoms with Gasteiger partial charge in [0.15, 0.2) is 0 Å². The minimum Gasteiger partial charge on any atom is -0.346 e. The minimum absolute atomic E-state index is 0.0898. The quantitative estimate of drug-likeness (QED) is 0.631. The van der Waals surface area contributed by atoms with Gasteiger partial charge < -0.3 is 10.2 Å². The van der Waals surface area contributed by atoms with Crippen LogP contribution in [-0.2, 0) is 11.2 Å². The summed E-state index contributed by atoms with van der Waals surface area (Å²) in [7, 11) is 0. The summed E-state index contributed by atoms with van der Waals surface area (Å²) in [5.41, 5.74) is 2.54. The third-order valence-corrected chi connectivity index (χ3v) is 4.21. The molecular formula is C13H12N2OS2. The molecule has 1 saturated heterocycles. The summed E-state index contributed by atoms with van der Waals surface area (Å²) < 4.78 is 0.538. The first-order valence-corrected chi connectivity index (χ1v) is 7.06. The Labute approximate surface area is 115 Å². The number of thioether (sulfide) groups is 1. The fraction of sp³-hybridized carbons (Fsp3) is 0.231. The SMILES string of the molecule is O=C1NC(=S)SC1=CN1CCCc2ccccc21. The zero-order chi connectivity index (χ0) is 12.5. The Morgan fingerprint density at radius 1 is 1.39 bits per heavy atom. The number of amides is 1. The second-order valence-electron chi connectivity index (χ2n) is 4.26. The normalized spacial score (nSPS) is 21.1. The topological polar surface area (TPSA) is 32.3 Å². The molecule has 0 saturated carbocycles. The van der Waals surface area contributed by atoms with E-state index in [2.05, 4.69) is 28.4 Å². The lowest BCUT2D eigenvalue weighted by atomic mass is 10.0. The second kappa shape index (κ2) is 4.74. The van der Waals surface area contributed by atoms with Crippen LogP contribution < -0.4 is 10.2 Å². The standard InChI is InChI=1S/C13H12N2OS2/c16-12-11(18-13(17)14-12)8-15-7-3-5-9-4-1-2-6-10(9)15/h1-2,4,6,8H,3,5,7H2,(H,14,16,17). The molecule has 0 unspecified atom stereocenters. The van der Waals surface area contributed by atoms with Crippen molar-refractivity contribution in [1.29, 1.82) is 0 Å². The number of nitrogens with zero attached hydrogens (tertiary/aromatic N) is 1. The first-order valence-electron chi connectivity index (χ1n) is 5.83. The van der Waals surface area contributed by atoms with Crippen LogP contribution in [0.3, 0.4) is 0 Å². The van der Waals surface area contributed by atoms with E-state index in [0.29, 0.717) is 9.23 Å². The Hall–Kier alpha value is -1.33. The average Bonchev–Trinajstić information content (AvgIpc) is 2.68. The summed E-state index contributed by atoms with van der Waals surface area (Å²) in [6.07, 6.45) is 4.13. The number of hydrogen-bond acceptors (Lipinski definition) is 4. The maximum Gasteiger partial charge on any atom is 0.265 e. The highest BCUT2D eigenvalue weighted by atomic mass is 32.2. The van der Waals surface area contributed by atoms with Crippen molar-refractivity contribution in [3.63, 3.8) is 0 Å². The van der Waals surface area contributed by atoms with Crippen LogP contribution >= 0.6 is 24.0 Å². The van der Waals surface area contributed by atoms with Crippen molar-refractivity contribution >= 4 is 39.9 Å². The molecule has 3 nitrogen and oxygen atoms in total. The number of para-hydroxylation sites is 1. The summed E-state index contributed by atoms with van der Waals surface area (Å²) in [6.45, 7) is 0.946. The maximum atomic E-state index is 11.7. The summed E-state index contributed by atoms with van der Waals surface area (Å²) >= 11 is 6.32. The van der Waals surface area contributed by atoms with E-state index < -0.39 is 0 Å². The molecule has 0 spiro atoms. The molecule has 1 amide bonds. The van der Waals surface area contributed by atoms with Crippen molar-refractivity contribution in [2.75, 3.05) is 11.4 Å². The van der Waals surface area contributed by atoms with Crippen molar-refractivity contribution in [3.8, 4) is 0 Å². The lowest BCUT2D eigenvalue weighted by Gasteiger charge is -2.28. The summed E-state index contributed by atoms with van der Waals surface area (Å²) in [6, 6.07) is 8.33. The molecule has 18 heavy (non-hydrogen) atoms. The molecule has 0 bridgehead atoms.